The summed E-state index contributed by atoms with van der Waals surface area (Å²) in [7, 11) is 1.04. The predicted octanol–water partition coefficient (Wildman–Crippen LogP) is 9.22. The van der Waals surface area contributed by atoms with Gasteiger partial charge in [0.05, 0.1) is 27.4 Å². The van der Waals surface area contributed by atoms with Crippen LogP contribution in [0.15, 0.2) is 139 Å². The van der Waals surface area contributed by atoms with Crippen molar-refractivity contribution in [2.45, 2.75) is 89.4 Å². The lowest BCUT2D eigenvalue weighted by molar-refractivity contribution is -0.118. The van der Waals surface area contributed by atoms with Gasteiger partial charge in [-0.1, -0.05) is 97.2 Å². The molecule has 5 unspecified atom stereocenters. The molecule has 0 bridgehead atoms. The zero-order chi connectivity index (χ0) is 53.4. The molecule has 1 saturated heterocycles. The predicted molar refractivity (Wildman–Crippen MR) is 282 cm³/mol. The van der Waals surface area contributed by atoms with Gasteiger partial charge >= 0.3 is 11.8 Å². The molecule has 1 aliphatic rings. The number of thioether (sulfide) groups is 1. The number of ether oxygens (including phenoxy) is 6. The molecule has 0 aliphatic carbocycles. The van der Waals surface area contributed by atoms with E-state index in [-0.39, 0.29) is 55.2 Å². The quantitative estimate of drug-likeness (QED) is 0.0231. The highest BCUT2D eigenvalue weighted by atomic mass is 32.2. The summed E-state index contributed by atoms with van der Waals surface area (Å²) in [6.07, 6.45) is -4.28. The first-order valence-electron chi connectivity index (χ1n) is 24.0. The maximum Gasteiger partial charge on any atom is 0.408 e. The first-order chi connectivity index (χ1) is 35.5. The van der Waals surface area contributed by atoms with Crippen molar-refractivity contribution in [1.82, 2.24) is 19.5 Å². The lowest BCUT2D eigenvalue weighted by Gasteiger charge is -2.39. The van der Waals surface area contributed by atoms with Crippen LogP contribution in [0.3, 0.4) is 0 Å². The number of carbonyl (C=O) groups is 3. The van der Waals surface area contributed by atoms with Gasteiger partial charge in [0.15, 0.2) is 19.0 Å². The molecule has 74 heavy (non-hydrogen) atoms. The molecule has 1 aromatic heterocycles. The van der Waals surface area contributed by atoms with Crippen molar-refractivity contribution in [2.75, 3.05) is 51.7 Å². The minimum Gasteiger partial charge on any atom is -0.497 e. The van der Waals surface area contributed by atoms with Crippen LogP contribution in [0.25, 0.3) is 0 Å². The summed E-state index contributed by atoms with van der Waals surface area (Å²) >= 11 is 0.947. The number of alkyl halides is 1. The molecule has 0 radical (unpaired) electrons. The Morgan fingerprint density at radius 2 is 1.45 bits per heavy atom. The lowest BCUT2D eigenvalue weighted by atomic mass is 9.80. The van der Waals surface area contributed by atoms with Crippen molar-refractivity contribution in [3.8, 4) is 17.2 Å². The van der Waals surface area contributed by atoms with E-state index in [1.165, 1.54) is 18.3 Å². The van der Waals surface area contributed by atoms with Gasteiger partial charge in [0, 0.05) is 24.0 Å². The number of hydrogen-bond donors (Lipinski definition) is 2. The van der Waals surface area contributed by atoms with Crippen LogP contribution in [0.1, 0.15) is 64.5 Å². The van der Waals surface area contributed by atoms with Gasteiger partial charge in [-0.3, -0.25) is 14.2 Å². The van der Waals surface area contributed by atoms with Crippen molar-refractivity contribution < 1.29 is 56.2 Å². The summed E-state index contributed by atoms with van der Waals surface area (Å²) in [5.74, 6) is 1.22. The molecule has 17 nitrogen and oxygen atoms in total. The highest BCUT2D eigenvalue weighted by molar-refractivity contribution is 8.13. The fraction of sp³-hybridized carbons (Fsp3) is 0.389. The summed E-state index contributed by atoms with van der Waals surface area (Å²) in [4.78, 5) is 56.4. The summed E-state index contributed by atoms with van der Waals surface area (Å²) < 4.78 is 69.5. The topological polar surface area (TPSA) is 187 Å². The van der Waals surface area contributed by atoms with Crippen molar-refractivity contribution in [2.24, 2.45) is 0 Å². The van der Waals surface area contributed by atoms with Crippen LogP contribution >= 0.6 is 20.3 Å². The Kier molecular flexibility index (Phi) is 20.7. The van der Waals surface area contributed by atoms with Gasteiger partial charge < -0.3 is 48.1 Å². The molecule has 6 rings (SSSR count). The monoisotopic (exact) mass is 1060 g/mol. The second-order valence-corrected chi connectivity index (χ2v) is 20.4. The lowest BCUT2D eigenvalue weighted by Crippen LogP contribution is -2.49. The van der Waals surface area contributed by atoms with E-state index >= 15 is 4.39 Å². The van der Waals surface area contributed by atoms with Crippen LogP contribution in [0, 0.1) is 0 Å². The van der Waals surface area contributed by atoms with Gasteiger partial charge in [0.1, 0.15) is 53.0 Å². The third-order valence-corrected chi connectivity index (χ3v) is 14.9. The Morgan fingerprint density at radius 1 is 0.865 bits per heavy atom. The SMILES string of the molecule is C=CCOC(=O)NC(C)(C)C(=O)SCCOP(OC1C(COC(c2ccccc2)(c2ccc(OC)cc2)c2ccc(OC)cc2)OC(n2ccc(NC(=O)COc3ccccc3)nc2=O)C1F)N(C(C)C)C(C)C. The number of nitrogens with zero attached hydrogens (tertiary/aromatic N) is 3. The molecular weight excluding hydrogens is 993 g/mol. The number of para-hydroxylation sites is 1. The summed E-state index contributed by atoms with van der Waals surface area (Å²) in [5.41, 5.74) is -1.38. The van der Waals surface area contributed by atoms with E-state index in [2.05, 4.69) is 22.2 Å². The van der Waals surface area contributed by atoms with Gasteiger partial charge in [0.25, 0.3) is 14.4 Å². The fourth-order valence-electron chi connectivity index (χ4n) is 8.12. The molecule has 1 aliphatic heterocycles. The van der Waals surface area contributed by atoms with E-state index in [1.807, 2.05) is 117 Å². The molecular formula is C54H65FN5O12PS. The highest BCUT2D eigenvalue weighted by Crippen LogP contribution is 2.51. The normalized spacial score (nSPS) is 17.2. The zero-order valence-corrected chi connectivity index (χ0v) is 44.5. The number of carbonyl (C=O) groups excluding carboxylic acids is 3. The average molecular weight is 1060 g/mol. The molecule has 2 heterocycles. The van der Waals surface area contributed by atoms with Crippen molar-refractivity contribution >= 4 is 43.2 Å². The number of halogens is 1. The molecule has 0 saturated carbocycles. The van der Waals surface area contributed by atoms with E-state index < -0.39 is 62.0 Å². The number of anilines is 1. The van der Waals surface area contributed by atoms with Gasteiger partial charge in [0.2, 0.25) is 5.12 Å². The second-order valence-electron chi connectivity index (χ2n) is 18.0. The van der Waals surface area contributed by atoms with E-state index in [9.17, 15) is 19.2 Å². The molecule has 396 valence electrons. The smallest absolute Gasteiger partial charge is 0.408 e. The standard InChI is InChI=1S/C54H65FN5O12PS/c1-10-31-67-52(64)58-53(6,7)50(62)74-33-32-70-73(60(36(2)3)37(4)5)72-48-44(71-49(47(48)55)59-30-29-45(57-51(59)63)56-46(61)35-68-43-19-15-12-16-20-43)34-69-54(38-17-13-11-14-18-38,39-21-25-41(65-8)26-22-39)40-23-27-42(66-9)28-24-40/h10-30,36-37,44,47-49H,1,31-35H2,2-9H3,(H,58,64)(H,56,57,61,63). The van der Waals surface area contributed by atoms with Crippen molar-refractivity contribution in [3.63, 3.8) is 0 Å². The molecule has 20 heteroatoms. The number of nitrogens with one attached hydrogen (secondary N) is 2. The van der Waals surface area contributed by atoms with Crippen LogP contribution < -0.4 is 30.5 Å². The van der Waals surface area contributed by atoms with Crippen LogP contribution in [-0.4, -0.2) is 114 Å². The minimum atomic E-state index is -2.12. The first kappa shape index (κ1) is 57.1. The van der Waals surface area contributed by atoms with E-state index in [1.54, 1.807) is 52.3 Å². The Bertz CT molecular complexity index is 2610. The van der Waals surface area contributed by atoms with E-state index in [4.69, 9.17) is 37.5 Å². The molecule has 5 aromatic rings. The maximum atomic E-state index is 17.8. The van der Waals surface area contributed by atoms with E-state index in [0.717, 1.165) is 21.9 Å². The van der Waals surface area contributed by atoms with Crippen molar-refractivity contribution in [3.05, 3.63) is 161 Å². The van der Waals surface area contributed by atoms with Crippen LogP contribution in [-0.2, 0) is 38.4 Å². The third-order valence-electron chi connectivity index (χ3n) is 11.6. The van der Waals surface area contributed by atoms with Gasteiger partial charge in [-0.2, -0.15) is 4.98 Å². The summed E-state index contributed by atoms with van der Waals surface area (Å²) in [5, 5.41) is 4.79. The Labute approximate surface area is 437 Å². The molecule has 2 amide bonds. The number of aromatic nitrogens is 2. The summed E-state index contributed by atoms with van der Waals surface area (Å²) in [6, 6.07) is 34.2. The van der Waals surface area contributed by atoms with Gasteiger partial charge in [-0.05, 0) is 101 Å². The molecule has 2 N–H and O–H groups in total. The largest absolute Gasteiger partial charge is 0.497 e. The number of methoxy groups -OCH3 is 2. The average Bonchev–Trinajstić information content (AvgIpc) is 3.69. The fourth-order valence-corrected chi connectivity index (χ4v) is 10.8. The van der Waals surface area contributed by atoms with E-state index in [0.29, 0.717) is 28.4 Å². The molecule has 5 atom stereocenters. The highest BCUT2D eigenvalue weighted by Gasteiger charge is 2.51. The first-order valence-corrected chi connectivity index (χ1v) is 26.1. The number of rotatable bonds is 26. The number of alkyl carbamates (subject to hydrolysis) is 1. The zero-order valence-electron chi connectivity index (χ0n) is 42.8. The number of benzene rings is 4. The third kappa shape index (κ3) is 14.6. The Balaban J connectivity index is 1.35. The number of hydrogen-bond acceptors (Lipinski definition) is 15. The molecule has 0 spiro atoms. The molecule has 4 aromatic carbocycles. The van der Waals surface area contributed by atoms with Crippen LogP contribution in [0.4, 0.5) is 15.0 Å². The Hall–Kier alpha value is -6.18. The van der Waals surface area contributed by atoms with Crippen LogP contribution in [0.5, 0.6) is 17.2 Å². The molecule has 1 fully saturated rings. The van der Waals surface area contributed by atoms with Crippen LogP contribution in [0.2, 0.25) is 0 Å². The summed E-state index contributed by atoms with van der Waals surface area (Å²) in [6.45, 7) is 13.8. The van der Waals surface area contributed by atoms with Gasteiger partial charge in [-0.15, -0.1) is 0 Å². The van der Waals surface area contributed by atoms with Gasteiger partial charge in [-0.25, -0.2) is 18.6 Å². The number of amides is 2. The minimum absolute atomic E-state index is 0.0107. The van der Waals surface area contributed by atoms with Crippen molar-refractivity contribution in [1.29, 1.82) is 0 Å². The second kappa shape index (κ2) is 26.9. The Morgan fingerprint density at radius 3 is 2.00 bits per heavy atom. The maximum absolute atomic E-state index is 17.8.